The second-order valence-electron chi connectivity index (χ2n) is 9.65. The number of ether oxygens (including phenoxy) is 1. The quantitative estimate of drug-likeness (QED) is 0.558. The molecule has 0 spiro atoms. The van der Waals surface area contributed by atoms with Crippen molar-refractivity contribution in [1.82, 2.24) is 24.1 Å². The minimum Gasteiger partial charge on any atom is -0.375 e. The van der Waals surface area contributed by atoms with Crippen molar-refractivity contribution in [1.29, 1.82) is 0 Å². The van der Waals surface area contributed by atoms with Crippen LogP contribution in [0.5, 0.6) is 0 Å². The van der Waals surface area contributed by atoms with Crippen LogP contribution in [0.25, 0.3) is 5.65 Å². The topological polar surface area (TPSA) is 106 Å². The molecule has 1 amide bonds. The van der Waals surface area contributed by atoms with E-state index in [0.717, 1.165) is 25.7 Å². The normalized spacial score (nSPS) is 27.1. The zero-order valence-corrected chi connectivity index (χ0v) is 19.6. The summed E-state index contributed by atoms with van der Waals surface area (Å²) in [6.07, 6.45) is 6.86. The summed E-state index contributed by atoms with van der Waals surface area (Å²) >= 11 is 0. The molecule has 3 aliphatic rings. The first-order valence-corrected chi connectivity index (χ1v) is 12.0. The molecular weight excluding hydrogens is 453 g/mol. The lowest BCUT2D eigenvalue weighted by Crippen LogP contribution is -2.33. The first kappa shape index (κ1) is 22.0. The van der Waals surface area contributed by atoms with E-state index in [4.69, 9.17) is 4.74 Å². The lowest BCUT2D eigenvalue weighted by Gasteiger charge is -2.30. The van der Waals surface area contributed by atoms with E-state index in [9.17, 15) is 14.0 Å². The Morgan fingerprint density at radius 3 is 2.69 bits per heavy atom. The summed E-state index contributed by atoms with van der Waals surface area (Å²) in [5.74, 6) is 0.648. The molecule has 1 saturated carbocycles. The van der Waals surface area contributed by atoms with E-state index < -0.39 is 12.2 Å². The van der Waals surface area contributed by atoms with Gasteiger partial charge in [0.15, 0.2) is 5.65 Å². The maximum absolute atomic E-state index is 13.5. The highest BCUT2D eigenvalue weighted by Crippen LogP contribution is 2.38. The minimum absolute atomic E-state index is 0.107. The second kappa shape index (κ2) is 8.33. The average Bonchev–Trinajstić information content (AvgIpc) is 3.28. The van der Waals surface area contributed by atoms with Crippen LogP contribution in [0.3, 0.4) is 0 Å². The minimum atomic E-state index is -0.991. The largest absolute Gasteiger partial charge is 0.375 e. The lowest BCUT2D eigenvalue weighted by atomic mass is 10.0. The summed E-state index contributed by atoms with van der Waals surface area (Å²) in [6, 6.07) is 5.00. The van der Waals surface area contributed by atoms with Gasteiger partial charge in [-0.25, -0.2) is 9.37 Å². The van der Waals surface area contributed by atoms with E-state index in [2.05, 4.69) is 20.7 Å². The van der Waals surface area contributed by atoms with Gasteiger partial charge >= 0.3 is 0 Å². The van der Waals surface area contributed by atoms with E-state index >= 15 is 0 Å². The maximum Gasteiger partial charge on any atom is 0.274 e. The van der Waals surface area contributed by atoms with Crippen LogP contribution in [0.2, 0.25) is 0 Å². The molecule has 35 heavy (non-hydrogen) atoms. The standard InChI is InChI=1S/C24H28FN7O3/c1-26-21-11-20(29-22-16(12-27-32(21)22)23(33)30(2)19-10-17(19)25)28-18-4-3-7-31(24(18)34)13-8-14-5-6-15(9-13)35-14/h3-4,7,11-15,17,19,26H,5-6,8-10H2,1-2H3,(H,28,29)/t13?,14-,15+,17-,19+/m0/s1. The van der Waals surface area contributed by atoms with Gasteiger partial charge in [-0.1, -0.05) is 0 Å². The van der Waals surface area contributed by atoms with E-state index in [-0.39, 0.29) is 35.3 Å². The number of hydrogen-bond acceptors (Lipinski definition) is 7. The molecular formula is C24H28FN7O3. The molecule has 0 aromatic carbocycles. The predicted molar refractivity (Wildman–Crippen MR) is 128 cm³/mol. The molecule has 3 fully saturated rings. The van der Waals surface area contributed by atoms with Crippen LogP contribution >= 0.6 is 0 Å². The van der Waals surface area contributed by atoms with Gasteiger partial charge in [-0.3, -0.25) is 9.59 Å². The van der Waals surface area contributed by atoms with Crippen molar-refractivity contribution in [2.45, 2.75) is 62.6 Å². The fraction of sp³-hybridized carbons (Fsp3) is 0.500. The average molecular weight is 482 g/mol. The second-order valence-corrected chi connectivity index (χ2v) is 9.65. The number of aromatic nitrogens is 4. The molecule has 6 rings (SSSR count). The molecule has 0 radical (unpaired) electrons. The number of nitrogens with one attached hydrogen (secondary N) is 2. The van der Waals surface area contributed by atoms with Gasteiger partial charge in [-0.05, 0) is 37.8 Å². The first-order chi connectivity index (χ1) is 16.9. The molecule has 5 heterocycles. The Balaban J connectivity index is 1.32. The number of carbonyl (C=O) groups excluding carboxylic acids is 1. The molecule has 2 bridgehead atoms. The number of alkyl halides is 1. The molecule has 2 saturated heterocycles. The number of carbonyl (C=O) groups is 1. The Morgan fingerprint density at radius 2 is 2.00 bits per heavy atom. The number of rotatable bonds is 6. The number of pyridine rings is 1. The van der Waals surface area contributed by atoms with Crippen LogP contribution in [0.1, 0.15) is 48.5 Å². The highest BCUT2D eigenvalue weighted by atomic mass is 19.1. The van der Waals surface area contributed by atoms with Gasteiger partial charge in [0.25, 0.3) is 11.5 Å². The summed E-state index contributed by atoms with van der Waals surface area (Å²) in [5.41, 5.74) is 0.867. The highest BCUT2D eigenvalue weighted by molar-refractivity contribution is 6.00. The van der Waals surface area contributed by atoms with Crippen molar-refractivity contribution in [2.75, 3.05) is 24.7 Å². The SMILES string of the molecule is CNc1cc(Nc2cccn(C3C[C@H]4CC[C@@H](C3)O4)c2=O)nc2c(C(=O)N(C)[C@@H]3C[C@@H]3F)cnn12. The van der Waals surface area contributed by atoms with E-state index in [0.29, 0.717) is 29.4 Å². The molecule has 5 atom stereocenters. The fourth-order valence-electron chi connectivity index (χ4n) is 5.34. The fourth-order valence-corrected chi connectivity index (χ4v) is 5.34. The predicted octanol–water partition coefficient (Wildman–Crippen LogP) is 2.74. The zero-order chi connectivity index (χ0) is 24.3. The summed E-state index contributed by atoms with van der Waals surface area (Å²) in [5, 5.41) is 10.5. The van der Waals surface area contributed by atoms with Crippen LogP contribution in [0.4, 0.5) is 21.7 Å². The van der Waals surface area contributed by atoms with Gasteiger partial charge in [0.05, 0.1) is 24.4 Å². The van der Waals surface area contributed by atoms with E-state index in [1.807, 2.05) is 12.3 Å². The van der Waals surface area contributed by atoms with Gasteiger partial charge in [-0.2, -0.15) is 9.61 Å². The van der Waals surface area contributed by atoms with Gasteiger partial charge in [-0.15, -0.1) is 0 Å². The smallest absolute Gasteiger partial charge is 0.274 e. The van der Waals surface area contributed by atoms with Crippen LogP contribution in [0.15, 0.2) is 35.4 Å². The molecule has 2 aliphatic heterocycles. The molecule has 3 aromatic heterocycles. The monoisotopic (exact) mass is 481 g/mol. The molecule has 3 aromatic rings. The van der Waals surface area contributed by atoms with Crippen molar-refractivity contribution in [3.8, 4) is 0 Å². The molecule has 184 valence electrons. The Labute approximate surface area is 201 Å². The van der Waals surface area contributed by atoms with Gasteiger partial charge in [0.1, 0.15) is 29.1 Å². The number of hydrogen-bond donors (Lipinski definition) is 2. The number of halogens is 1. The summed E-state index contributed by atoms with van der Waals surface area (Å²) in [4.78, 5) is 32.4. The van der Waals surface area contributed by atoms with Gasteiger partial charge < -0.3 is 24.8 Å². The third kappa shape index (κ3) is 3.83. The number of anilines is 3. The number of amides is 1. The third-order valence-corrected chi connectivity index (χ3v) is 7.35. The molecule has 1 unspecified atom stereocenters. The number of nitrogens with zero attached hydrogens (tertiary/aromatic N) is 5. The molecule has 11 heteroatoms. The van der Waals surface area contributed by atoms with Gasteiger partial charge in [0, 0.05) is 38.8 Å². The van der Waals surface area contributed by atoms with E-state index in [1.165, 1.54) is 15.6 Å². The van der Waals surface area contributed by atoms with Crippen LogP contribution in [-0.2, 0) is 4.74 Å². The zero-order valence-electron chi connectivity index (χ0n) is 19.6. The van der Waals surface area contributed by atoms with Crippen LogP contribution in [-0.4, -0.2) is 68.5 Å². The Kier molecular flexibility index (Phi) is 5.24. The van der Waals surface area contributed by atoms with Crippen molar-refractivity contribution in [3.63, 3.8) is 0 Å². The molecule has 2 N–H and O–H groups in total. The molecule has 1 aliphatic carbocycles. The van der Waals surface area contributed by atoms with Crippen molar-refractivity contribution in [2.24, 2.45) is 0 Å². The van der Waals surface area contributed by atoms with Crippen LogP contribution in [0, 0.1) is 0 Å². The van der Waals surface area contributed by atoms with Crippen molar-refractivity contribution in [3.05, 3.63) is 46.5 Å². The number of fused-ring (bicyclic) bond motifs is 3. The van der Waals surface area contributed by atoms with Gasteiger partial charge in [0.2, 0.25) is 0 Å². The highest BCUT2D eigenvalue weighted by Gasteiger charge is 2.43. The van der Waals surface area contributed by atoms with E-state index in [1.54, 1.807) is 30.8 Å². The Hall–Kier alpha value is -3.47. The summed E-state index contributed by atoms with van der Waals surface area (Å²) < 4.78 is 22.8. The first-order valence-electron chi connectivity index (χ1n) is 12.0. The summed E-state index contributed by atoms with van der Waals surface area (Å²) in [7, 11) is 3.33. The van der Waals surface area contributed by atoms with Crippen LogP contribution < -0.4 is 16.2 Å². The molecule has 10 nitrogen and oxygen atoms in total. The summed E-state index contributed by atoms with van der Waals surface area (Å²) in [6.45, 7) is 0. The maximum atomic E-state index is 13.5. The lowest BCUT2D eigenvalue weighted by molar-refractivity contribution is -0.0164. The third-order valence-electron chi connectivity index (χ3n) is 7.35. The Bertz CT molecular complexity index is 1340. The van der Waals surface area contributed by atoms with Crippen molar-refractivity contribution < 1.29 is 13.9 Å². The Morgan fingerprint density at radius 1 is 1.26 bits per heavy atom. The van der Waals surface area contributed by atoms with Crippen molar-refractivity contribution >= 4 is 28.9 Å².